The van der Waals surface area contributed by atoms with Gasteiger partial charge < -0.3 is 15.6 Å². The number of aromatic nitrogens is 4. The molecular formula is C16H23FN6. The van der Waals surface area contributed by atoms with Gasteiger partial charge in [-0.1, -0.05) is 0 Å². The summed E-state index contributed by atoms with van der Waals surface area (Å²) in [4.78, 5) is 12.8. The lowest BCUT2D eigenvalue weighted by Crippen LogP contribution is -2.22. The van der Waals surface area contributed by atoms with Crippen LogP contribution in [0.25, 0.3) is 11.4 Å². The van der Waals surface area contributed by atoms with Crippen LogP contribution in [0.2, 0.25) is 0 Å². The molecule has 23 heavy (non-hydrogen) atoms. The summed E-state index contributed by atoms with van der Waals surface area (Å²) in [6.07, 6.45) is 5.74. The summed E-state index contributed by atoms with van der Waals surface area (Å²) in [7, 11) is 0. The van der Waals surface area contributed by atoms with Gasteiger partial charge in [0.1, 0.15) is 11.5 Å². The smallest absolute Gasteiger partial charge is 0.223 e. The van der Waals surface area contributed by atoms with E-state index in [0.29, 0.717) is 11.6 Å². The highest BCUT2D eigenvalue weighted by atomic mass is 19.1. The third-order valence-electron chi connectivity index (χ3n) is 4.29. The molecule has 2 atom stereocenters. The van der Waals surface area contributed by atoms with Gasteiger partial charge in [-0.05, 0) is 40.0 Å². The molecule has 3 rings (SSSR count). The molecule has 2 aromatic rings. The van der Waals surface area contributed by atoms with Gasteiger partial charge in [-0.2, -0.15) is 0 Å². The van der Waals surface area contributed by atoms with Crippen LogP contribution >= 0.6 is 0 Å². The second kappa shape index (κ2) is 6.23. The maximum atomic E-state index is 14.3. The minimum atomic E-state index is -0.444. The number of imidazole rings is 1. The molecule has 0 bridgehead atoms. The number of rotatable bonds is 4. The van der Waals surface area contributed by atoms with Crippen LogP contribution in [-0.2, 0) is 0 Å². The van der Waals surface area contributed by atoms with Crippen LogP contribution in [0.3, 0.4) is 0 Å². The van der Waals surface area contributed by atoms with Crippen LogP contribution < -0.4 is 11.1 Å². The molecule has 2 heterocycles. The topological polar surface area (TPSA) is 81.7 Å². The fourth-order valence-electron chi connectivity index (χ4n) is 3.23. The predicted molar refractivity (Wildman–Crippen MR) is 87.6 cm³/mol. The second-order valence-electron chi connectivity index (χ2n) is 6.46. The highest BCUT2D eigenvalue weighted by Crippen LogP contribution is 2.27. The lowest BCUT2D eigenvalue weighted by atomic mass is 10.2. The maximum Gasteiger partial charge on any atom is 0.223 e. The summed E-state index contributed by atoms with van der Waals surface area (Å²) in [5.41, 5.74) is 6.87. The van der Waals surface area contributed by atoms with Crippen molar-refractivity contribution < 1.29 is 4.39 Å². The van der Waals surface area contributed by atoms with Crippen LogP contribution in [0.4, 0.5) is 10.3 Å². The molecule has 0 amide bonds. The van der Waals surface area contributed by atoms with Gasteiger partial charge in [-0.15, -0.1) is 0 Å². The minimum absolute atomic E-state index is 0.172. The van der Waals surface area contributed by atoms with Gasteiger partial charge in [0.2, 0.25) is 5.95 Å². The van der Waals surface area contributed by atoms with Crippen LogP contribution in [0, 0.1) is 12.7 Å². The first-order valence-electron chi connectivity index (χ1n) is 8.04. The van der Waals surface area contributed by atoms with E-state index in [9.17, 15) is 4.39 Å². The molecular weight excluding hydrogens is 295 g/mol. The van der Waals surface area contributed by atoms with Crippen molar-refractivity contribution >= 4 is 5.95 Å². The Balaban J connectivity index is 1.92. The largest absolute Gasteiger partial charge is 0.351 e. The molecule has 6 nitrogen and oxygen atoms in total. The van der Waals surface area contributed by atoms with Crippen LogP contribution in [0.1, 0.15) is 45.0 Å². The minimum Gasteiger partial charge on any atom is -0.351 e. The molecule has 2 aromatic heterocycles. The van der Waals surface area contributed by atoms with Crippen molar-refractivity contribution in [2.75, 3.05) is 5.32 Å². The van der Waals surface area contributed by atoms with E-state index in [0.717, 1.165) is 25.1 Å². The molecule has 1 aliphatic carbocycles. The number of halogens is 1. The van der Waals surface area contributed by atoms with Crippen LogP contribution in [0.5, 0.6) is 0 Å². The predicted octanol–water partition coefficient (Wildman–Crippen LogP) is 2.66. The third kappa shape index (κ3) is 3.19. The fraction of sp³-hybridized carbons (Fsp3) is 0.562. The summed E-state index contributed by atoms with van der Waals surface area (Å²) in [6.45, 7) is 5.98. The molecule has 7 heteroatoms. The highest BCUT2D eigenvalue weighted by Gasteiger charge is 2.23. The molecule has 3 N–H and O–H groups in total. The van der Waals surface area contributed by atoms with Crippen molar-refractivity contribution in [3.63, 3.8) is 0 Å². The van der Waals surface area contributed by atoms with Gasteiger partial charge in [0, 0.05) is 18.1 Å². The van der Waals surface area contributed by atoms with Crippen molar-refractivity contribution in [1.29, 1.82) is 0 Å². The molecule has 0 spiro atoms. The van der Waals surface area contributed by atoms with E-state index in [-0.39, 0.29) is 23.8 Å². The summed E-state index contributed by atoms with van der Waals surface area (Å²) < 4.78 is 16.2. The molecule has 1 saturated carbocycles. The zero-order chi connectivity index (χ0) is 16.6. The molecule has 0 aliphatic heterocycles. The summed E-state index contributed by atoms with van der Waals surface area (Å²) >= 11 is 0. The van der Waals surface area contributed by atoms with E-state index < -0.39 is 5.82 Å². The van der Waals surface area contributed by atoms with E-state index >= 15 is 0 Å². The van der Waals surface area contributed by atoms with Gasteiger partial charge in [-0.25, -0.2) is 19.3 Å². The molecule has 124 valence electrons. The third-order valence-corrected chi connectivity index (χ3v) is 4.29. The van der Waals surface area contributed by atoms with E-state index in [1.54, 1.807) is 6.20 Å². The Morgan fingerprint density at radius 1 is 1.30 bits per heavy atom. The summed E-state index contributed by atoms with van der Waals surface area (Å²) in [5.74, 6) is 0.833. The fourth-order valence-corrected chi connectivity index (χ4v) is 3.23. The monoisotopic (exact) mass is 318 g/mol. The first-order chi connectivity index (χ1) is 11.0. The average molecular weight is 318 g/mol. The van der Waals surface area contributed by atoms with Gasteiger partial charge in [0.25, 0.3) is 0 Å². The number of hydrogen-bond donors (Lipinski definition) is 2. The van der Waals surface area contributed by atoms with Crippen LogP contribution in [0.15, 0.2) is 12.4 Å². The molecule has 1 fully saturated rings. The van der Waals surface area contributed by atoms with Gasteiger partial charge >= 0.3 is 0 Å². The lowest BCUT2D eigenvalue weighted by Gasteiger charge is -2.16. The normalized spacial score (nSPS) is 21.1. The van der Waals surface area contributed by atoms with E-state index in [2.05, 4.69) is 20.3 Å². The maximum absolute atomic E-state index is 14.3. The Hall–Kier alpha value is -2.02. The van der Waals surface area contributed by atoms with Gasteiger partial charge in [-0.3, -0.25) is 0 Å². The Labute approximate surface area is 135 Å². The lowest BCUT2D eigenvalue weighted by molar-refractivity contribution is 0.577. The quantitative estimate of drug-likeness (QED) is 0.905. The SMILES string of the molecule is Cc1ncc(-c2nc(NC3CCC(N)C3)ncc2F)n1C(C)C. The van der Waals surface area contributed by atoms with Crippen LogP contribution in [-0.4, -0.2) is 31.6 Å². The Morgan fingerprint density at radius 2 is 2.09 bits per heavy atom. The van der Waals surface area contributed by atoms with Crippen molar-refractivity contribution in [3.05, 3.63) is 24.0 Å². The zero-order valence-corrected chi connectivity index (χ0v) is 13.8. The van der Waals surface area contributed by atoms with Crippen molar-refractivity contribution in [2.24, 2.45) is 5.73 Å². The number of anilines is 1. The molecule has 0 radical (unpaired) electrons. The average Bonchev–Trinajstić information content (AvgIpc) is 3.07. The van der Waals surface area contributed by atoms with Crippen molar-refractivity contribution in [3.8, 4) is 11.4 Å². The van der Waals surface area contributed by atoms with Gasteiger partial charge in [0.05, 0.1) is 18.1 Å². The molecule has 2 unspecified atom stereocenters. The summed E-state index contributed by atoms with van der Waals surface area (Å²) in [6, 6.07) is 0.642. The first kappa shape index (κ1) is 15.9. The number of nitrogens with zero attached hydrogens (tertiary/aromatic N) is 4. The molecule has 1 aliphatic rings. The van der Waals surface area contributed by atoms with E-state index in [1.807, 2.05) is 25.3 Å². The zero-order valence-electron chi connectivity index (χ0n) is 13.8. The second-order valence-corrected chi connectivity index (χ2v) is 6.46. The molecule has 0 saturated heterocycles. The number of nitrogens with one attached hydrogen (secondary N) is 1. The van der Waals surface area contributed by atoms with E-state index in [1.165, 1.54) is 6.20 Å². The standard InChI is InChI=1S/C16H23FN6/c1-9(2)23-10(3)19-8-14(23)15-13(17)7-20-16(22-15)21-12-5-4-11(18)6-12/h7-9,11-12H,4-6,18H2,1-3H3,(H,20,21,22). The van der Waals surface area contributed by atoms with Gasteiger partial charge in [0.15, 0.2) is 5.82 Å². The highest BCUT2D eigenvalue weighted by molar-refractivity contribution is 5.57. The Morgan fingerprint density at radius 3 is 2.74 bits per heavy atom. The Bertz CT molecular complexity index is 696. The van der Waals surface area contributed by atoms with E-state index in [4.69, 9.17) is 5.73 Å². The number of hydrogen-bond acceptors (Lipinski definition) is 5. The van der Waals surface area contributed by atoms with Crippen molar-refractivity contribution in [2.45, 2.75) is 58.2 Å². The van der Waals surface area contributed by atoms with Crippen molar-refractivity contribution in [1.82, 2.24) is 19.5 Å². The number of nitrogens with two attached hydrogens (primary N) is 1. The molecule has 0 aromatic carbocycles. The first-order valence-corrected chi connectivity index (χ1v) is 8.04. The number of aryl methyl sites for hydroxylation is 1. The Kier molecular flexibility index (Phi) is 4.30. The summed E-state index contributed by atoms with van der Waals surface area (Å²) in [5, 5.41) is 3.27.